The molecule has 0 radical (unpaired) electrons. The van der Waals surface area contributed by atoms with E-state index < -0.39 is 0 Å². The SMILES string of the molecule is CNCCCNC(=O)Cc1ccccc1Br. The van der Waals surface area contributed by atoms with Gasteiger partial charge in [0.1, 0.15) is 0 Å². The molecule has 1 aromatic carbocycles. The fourth-order valence-corrected chi connectivity index (χ4v) is 1.80. The molecule has 0 aliphatic heterocycles. The van der Waals surface area contributed by atoms with Crippen LogP contribution >= 0.6 is 15.9 Å². The summed E-state index contributed by atoms with van der Waals surface area (Å²) in [4.78, 5) is 11.6. The zero-order valence-electron chi connectivity index (χ0n) is 9.42. The van der Waals surface area contributed by atoms with Crippen LogP contribution in [0.5, 0.6) is 0 Å². The lowest BCUT2D eigenvalue weighted by Gasteiger charge is -2.06. The van der Waals surface area contributed by atoms with E-state index in [2.05, 4.69) is 26.6 Å². The number of hydrogen-bond donors (Lipinski definition) is 2. The number of rotatable bonds is 6. The van der Waals surface area contributed by atoms with Crippen LogP contribution in [0.2, 0.25) is 0 Å². The highest BCUT2D eigenvalue weighted by atomic mass is 79.9. The lowest BCUT2D eigenvalue weighted by Crippen LogP contribution is -2.28. The maximum absolute atomic E-state index is 11.6. The Balaban J connectivity index is 2.32. The number of amides is 1. The minimum absolute atomic E-state index is 0.0722. The van der Waals surface area contributed by atoms with E-state index in [1.165, 1.54) is 0 Å². The quantitative estimate of drug-likeness (QED) is 0.781. The fraction of sp³-hybridized carbons (Fsp3) is 0.417. The molecule has 3 nitrogen and oxygen atoms in total. The highest BCUT2D eigenvalue weighted by Crippen LogP contribution is 2.15. The summed E-state index contributed by atoms with van der Waals surface area (Å²) < 4.78 is 0.986. The monoisotopic (exact) mass is 284 g/mol. The van der Waals surface area contributed by atoms with Crippen LogP contribution in [-0.4, -0.2) is 26.0 Å². The minimum atomic E-state index is 0.0722. The van der Waals surface area contributed by atoms with Gasteiger partial charge < -0.3 is 10.6 Å². The molecule has 0 saturated heterocycles. The van der Waals surface area contributed by atoms with Gasteiger partial charge in [0.05, 0.1) is 6.42 Å². The molecule has 0 aliphatic carbocycles. The van der Waals surface area contributed by atoms with Gasteiger partial charge in [0.2, 0.25) is 5.91 Å². The summed E-state index contributed by atoms with van der Waals surface area (Å²) >= 11 is 3.43. The van der Waals surface area contributed by atoms with Gasteiger partial charge in [-0.05, 0) is 31.6 Å². The molecular formula is C12H17BrN2O. The lowest BCUT2D eigenvalue weighted by atomic mass is 10.1. The van der Waals surface area contributed by atoms with Crippen molar-refractivity contribution in [1.29, 1.82) is 0 Å². The molecule has 0 unspecified atom stereocenters. The van der Waals surface area contributed by atoms with E-state index in [9.17, 15) is 4.79 Å². The van der Waals surface area contributed by atoms with Crippen molar-refractivity contribution >= 4 is 21.8 Å². The molecule has 1 amide bonds. The van der Waals surface area contributed by atoms with E-state index in [0.717, 1.165) is 29.5 Å². The van der Waals surface area contributed by atoms with E-state index in [4.69, 9.17) is 0 Å². The molecule has 0 aromatic heterocycles. The molecule has 0 atom stereocenters. The van der Waals surface area contributed by atoms with Crippen molar-refractivity contribution in [3.8, 4) is 0 Å². The van der Waals surface area contributed by atoms with Gasteiger partial charge in [-0.3, -0.25) is 4.79 Å². The second kappa shape index (κ2) is 7.41. The molecule has 0 heterocycles. The van der Waals surface area contributed by atoms with Gasteiger partial charge in [0, 0.05) is 11.0 Å². The molecule has 0 bridgehead atoms. The number of nitrogens with one attached hydrogen (secondary N) is 2. The summed E-state index contributed by atoms with van der Waals surface area (Å²) in [6.07, 6.45) is 1.39. The summed E-state index contributed by atoms with van der Waals surface area (Å²) in [6.45, 7) is 1.65. The van der Waals surface area contributed by atoms with Crippen molar-refractivity contribution < 1.29 is 4.79 Å². The Morgan fingerprint density at radius 1 is 1.31 bits per heavy atom. The standard InChI is InChI=1S/C12H17BrN2O/c1-14-7-4-8-15-12(16)9-10-5-2-3-6-11(10)13/h2-3,5-6,14H,4,7-9H2,1H3,(H,15,16). The summed E-state index contributed by atoms with van der Waals surface area (Å²) in [5.41, 5.74) is 1.02. The van der Waals surface area contributed by atoms with E-state index in [0.29, 0.717) is 6.42 Å². The van der Waals surface area contributed by atoms with E-state index in [-0.39, 0.29) is 5.91 Å². The molecular weight excluding hydrogens is 268 g/mol. The van der Waals surface area contributed by atoms with Crippen molar-refractivity contribution in [2.75, 3.05) is 20.1 Å². The molecule has 0 saturated carbocycles. The van der Waals surface area contributed by atoms with Crippen LogP contribution in [0.1, 0.15) is 12.0 Å². The van der Waals surface area contributed by atoms with Crippen molar-refractivity contribution in [1.82, 2.24) is 10.6 Å². The first-order valence-electron chi connectivity index (χ1n) is 5.38. The first kappa shape index (κ1) is 13.2. The van der Waals surface area contributed by atoms with Crippen LogP contribution < -0.4 is 10.6 Å². The second-order valence-electron chi connectivity index (χ2n) is 3.58. The van der Waals surface area contributed by atoms with E-state index in [1.54, 1.807) is 0 Å². The second-order valence-corrected chi connectivity index (χ2v) is 4.43. The Kier molecular flexibility index (Phi) is 6.11. The van der Waals surface area contributed by atoms with Gasteiger partial charge in [-0.1, -0.05) is 34.1 Å². The van der Waals surface area contributed by atoms with E-state index in [1.807, 2.05) is 31.3 Å². The summed E-state index contributed by atoms with van der Waals surface area (Å²) in [7, 11) is 1.91. The molecule has 1 rings (SSSR count). The number of hydrogen-bond acceptors (Lipinski definition) is 2. The lowest BCUT2D eigenvalue weighted by molar-refractivity contribution is -0.120. The van der Waals surface area contributed by atoms with Crippen molar-refractivity contribution in [3.05, 3.63) is 34.3 Å². The minimum Gasteiger partial charge on any atom is -0.356 e. The third-order valence-corrected chi connectivity index (χ3v) is 3.01. The number of carbonyl (C=O) groups excluding carboxylic acids is 1. The zero-order valence-corrected chi connectivity index (χ0v) is 11.0. The van der Waals surface area contributed by atoms with Crippen LogP contribution in [0.15, 0.2) is 28.7 Å². The van der Waals surface area contributed by atoms with Crippen LogP contribution in [0.25, 0.3) is 0 Å². The molecule has 1 aromatic rings. The van der Waals surface area contributed by atoms with Gasteiger partial charge in [0.15, 0.2) is 0 Å². The smallest absolute Gasteiger partial charge is 0.224 e. The highest BCUT2D eigenvalue weighted by molar-refractivity contribution is 9.10. The molecule has 0 spiro atoms. The third kappa shape index (κ3) is 4.77. The maximum atomic E-state index is 11.6. The van der Waals surface area contributed by atoms with Gasteiger partial charge in [0.25, 0.3) is 0 Å². The van der Waals surface area contributed by atoms with Crippen LogP contribution in [0.3, 0.4) is 0 Å². The Morgan fingerprint density at radius 3 is 2.75 bits per heavy atom. The van der Waals surface area contributed by atoms with Gasteiger partial charge in [-0.2, -0.15) is 0 Å². The molecule has 0 aliphatic rings. The molecule has 2 N–H and O–H groups in total. The van der Waals surface area contributed by atoms with Crippen molar-refractivity contribution in [3.63, 3.8) is 0 Å². The Labute approximate surface area is 105 Å². The Bertz CT molecular complexity index is 342. The average Bonchev–Trinajstić information content (AvgIpc) is 2.28. The maximum Gasteiger partial charge on any atom is 0.224 e. The summed E-state index contributed by atoms with van der Waals surface area (Å²) in [5.74, 6) is 0.0722. The third-order valence-electron chi connectivity index (χ3n) is 2.23. The number of halogens is 1. The van der Waals surface area contributed by atoms with Gasteiger partial charge >= 0.3 is 0 Å². The van der Waals surface area contributed by atoms with Crippen molar-refractivity contribution in [2.24, 2.45) is 0 Å². The Morgan fingerprint density at radius 2 is 2.06 bits per heavy atom. The normalized spacial score (nSPS) is 10.1. The summed E-state index contributed by atoms with van der Waals surface area (Å²) in [6, 6.07) is 7.79. The van der Waals surface area contributed by atoms with Crippen molar-refractivity contribution in [2.45, 2.75) is 12.8 Å². The number of carbonyl (C=O) groups is 1. The molecule has 88 valence electrons. The van der Waals surface area contributed by atoms with Crippen LogP contribution in [0.4, 0.5) is 0 Å². The molecule has 0 fully saturated rings. The topological polar surface area (TPSA) is 41.1 Å². The van der Waals surface area contributed by atoms with E-state index >= 15 is 0 Å². The number of benzene rings is 1. The summed E-state index contributed by atoms with van der Waals surface area (Å²) in [5, 5.41) is 5.93. The first-order valence-corrected chi connectivity index (χ1v) is 6.18. The molecule has 16 heavy (non-hydrogen) atoms. The first-order chi connectivity index (χ1) is 7.74. The molecule has 4 heteroatoms. The van der Waals surface area contributed by atoms with Gasteiger partial charge in [-0.25, -0.2) is 0 Å². The predicted molar refractivity (Wildman–Crippen MR) is 69.4 cm³/mol. The highest BCUT2D eigenvalue weighted by Gasteiger charge is 2.04. The van der Waals surface area contributed by atoms with Gasteiger partial charge in [-0.15, -0.1) is 0 Å². The largest absolute Gasteiger partial charge is 0.356 e. The average molecular weight is 285 g/mol. The predicted octanol–water partition coefficient (Wildman–Crippen LogP) is 1.72. The van der Waals surface area contributed by atoms with Crippen LogP contribution in [-0.2, 0) is 11.2 Å². The Hall–Kier alpha value is -0.870. The van der Waals surface area contributed by atoms with Crippen LogP contribution in [0, 0.1) is 0 Å². The fourth-order valence-electron chi connectivity index (χ4n) is 1.37. The zero-order chi connectivity index (χ0) is 11.8.